The third kappa shape index (κ3) is 7.34. The maximum absolute atomic E-state index is 15.9. The Labute approximate surface area is 264 Å². The molecule has 17 heteroatoms. The topological polar surface area (TPSA) is 185 Å². The van der Waals surface area contributed by atoms with Crippen molar-refractivity contribution in [3.8, 4) is 5.75 Å². The van der Waals surface area contributed by atoms with E-state index in [0.717, 1.165) is 25.7 Å². The summed E-state index contributed by atoms with van der Waals surface area (Å²) in [6.07, 6.45) is -0.296. The molecule has 1 saturated carbocycles. The molecule has 2 aromatic heterocycles. The number of nitrogens with two attached hydrogens (primary N) is 1. The zero-order valence-corrected chi connectivity index (χ0v) is 26.8. The number of hydrogen-bond acceptors (Lipinski definition) is 12. The first-order valence-corrected chi connectivity index (χ1v) is 16.8. The molecule has 0 spiro atoms. The molecule has 1 aromatic carbocycles. The van der Waals surface area contributed by atoms with Crippen LogP contribution in [-0.2, 0) is 23.4 Å². The number of benzene rings is 1. The van der Waals surface area contributed by atoms with Gasteiger partial charge >= 0.3 is 13.7 Å². The molecule has 0 bridgehead atoms. The molecule has 3 aromatic rings. The summed E-state index contributed by atoms with van der Waals surface area (Å²) in [5.41, 5.74) is 4.64. The number of anilines is 2. The molecule has 5 N–H and O–H groups in total. The number of carbonyl (C=O) groups excluding carboxylic acids is 1. The van der Waals surface area contributed by atoms with E-state index in [1.54, 1.807) is 32.0 Å². The minimum absolute atomic E-state index is 0.0548. The van der Waals surface area contributed by atoms with Gasteiger partial charge in [0.25, 0.3) is 0 Å². The number of esters is 1. The first-order chi connectivity index (χ1) is 21.4. The molecular formula is C28H38ClFN7O7P. The Kier molecular flexibility index (Phi) is 10.2. The monoisotopic (exact) mass is 669 g/mol. The summed E-state index contributed by atoms with van der Waals surface area (Å²) in [5, 5.41) is 17.0. The van der Waals surface area contributed by atoms with E-state index in [2.05, 4.69) is 25.4 Å². The van der Waals surface area contributed by atoms with E-state index in [1.165, 1.54) is 30.0 Å². The largest absolute Gasteiger partial charge is 0.462 e. The van der Waals surface area contributed by atoms with E-state index in [4.69, 9.17) is 35.9 Å². The molecule has 5 rings (SSSR count). The molecule has 45 heavy (non-hydrogen) atoms. The van der Waals surface area contributed by atoms with Crippen LogP contribution in [0.3, 0.4) is 0 Å². The maximum atomic E-state index is 15.9. The van der Waals surface area contributed by atoms with Gasteiger partial charge in [0.2, 0.25) is 5.95 Å². The molecule has 0 amide bonds. The highest BCUT2D eigenvalue weighted by Gasteiger charge is 2.57. The number of carbonyl (C=O) groups is 1. The van der Waals surface area contributed by atoms with Crippen LogP contribution in [0.25, 0.3) is 11.2 Å². The summed E-state index contributed by atoms with van der Waals surface area (Å²) >= 11 is 6.28. The molecule has 0 radical (unpaired) electrons. The van der Waals surface area contributed by atoms with Crippen LogP contribution in [0.1, 0.15) is 52.7 Å². The third-order valence-electron chi connectivity index (χ3n) is 7.61. The van der Waals surface area contributed by atoms with Crippen LogP contribution < -0.4 is 20.7 Å². The van der Waals surface area contributed by atoms with Gasteiger partial charge in [-0.25, -0.2) is 13.9 Å². The number of imidazole rings is 1. The molecule has 1 saturated heterocycles. The number of rotatable bonds is 13. The number of ether oxygens (including phenoxy) is 2. The van der Waals surface area contributed by atoms with Gasteiger partial charge < -0.3 is 30.2 Å². The Morgan fingerprint density at radius 2 is 1.98 bits per heavy atom. The van der Waals surface area contributed by atoms with Crippen molar-refractivity contribution in [1.29, 1.82) is 0 Å². The number of para-hydroxylation sites is 1. The fourth-order valence-electron chi connectivity index (χ4n) is 5.31. The molecule has 3 heterocycles. The summed E-state index contributed by atoms with van der Waals surface area (Å²) in [6.45, 7) is 4.08. The third-order valence-corrected chi connectivity index (χ3v) is 9.68. The van der Waals surface area contributed by atoms with Crippen molar-refractivity contribution in [3.05, 3.63) is 36.7 Å². The number of fused-ring (bicyclic) bond motifs is 1. The summed E-state index contributed by atoms with van der Waals surface area (Å²) in [4.78, 5) is 25.5. The quantitative estimate of drug-likeness (QED) is 0.116. The zero-order chi connectivity index (χ0) is 32.4. The van der Waals surface area contributed by atoms with Crippen molar-refractivity contribution in [2.75, 3.05) is 23.5 Å². The Morgan fingerprint density at radius 1 is 1.27 bits per heavy atom. The van der Waals surface area contributed by atoms with Crippen molar-refractivity contribution in [2.24, 2.45) is 0 Å². The number of nitrogens with one attached hydrogen (secondary N) is 2. The second-order valence-electron chi connectivity index (χ2n) is 11.5. The van der Waals surface area contributed by atoms with Gasteiger partial charge in [-0.1, -0.05) is 31.0 Å². The van der Waals surface area contributed by atoms with Crippen LogP contribution in [-0.4, -0.2) is 79.1 Å². The fourth-order valence-corrected chi connectivity index (χ4v) is 7.16. The standard InChI is InChI=1S/C28H38ClFN7O7P/c1-16(2)42-26(39)17(3)36-45(40,44-19-11-5-4-6-12-19)41-14-28(13-29)22(38)20(30)25(43-28)37-15-32-21-23(33-18-9-7-8-10-18)34-27(31)35-24(21)37/h4-6,11-12,15-18,20,22,25,38H,7-10,13-14H2,1-3H3,(H,36,40)(H3,31,33,34,35)/t17-,20-,22-,25+,28+,45-/m0/s1. The van der Waals surface area contributed by atoms with Gasteiger partial charge in [0.05, 0.1) is 24.9 Å². The number of halogens is 2. The normalized spacial score (nSPS) is 25.8. The summed E-state index contributed by atoms with van der Waals surface area (Å²) in [5.74, 6) is -0.635. The van der Waals surface area contributed by atoms with E-state index in [1.807, 2.05) is 0 Å². The van der Waals surface area contributed by atoms with Gasteiger partial charge in [-0.2, -0.15) is 15.1 Å². The van der Waals surface area contributed by atoms with Crippen LogP contribution in [0.15, 0.2) is 36.7 Å². The average molecular weight is 670 g/mol. The first-order valence-electron chi connectivity index (χ1n) is 14.7. The van der Waals surface area contributed by atoms with Crippen LogP contribution in [0, 0.1) is 0 Å². The number of aromatic nitrogens is 4. The minimum Gasteiger partial charge on any atom is -0.462 e. The molecule has 2 fully saturated rings. The average Bonchev–Trinajstić information content (AvgIpc) is 3.72. The lowest BCUT2D eigenvalue weighted by atomic mass is 9.99. The molecule has 1 aliphatic carbocycles. The molecule has 14 nitrogen and oxygen atoms in total. The molecular weight excluding hydrogens is 632 g/mol. The highest BCUT2D eigenvalue weighted by Crippen LogP contribution is 2.49. The predicted molar refractivity (Wildman–Crippen MR) is 165 cm³/mol. The van der Waals surface area contributed by atoms with Crippen LogP contribution in [0.4, 0.5) is 16.2 Å². The van der Waals surface area contributed by atoms with Gasteiger partial charge in [-0.15, -0.1) is 11.6 Å². The molecule has 6 atom stereocenters. The highest BCUT2D eigenvalue weighted by molar-refractivity contribution is 7.52. The lowest BCUT2D eigenvalue weighted by molar-refractivity contribution is -0.149. The lowest BCUT2D eigenvalue weighted by Crippen LogP contribution is -2.48. The Morgan fingerprint density at radius 3 is 2.64 bits per heavy atom. The van der Waals surface area contributed by atoms with E-state index in [9.17, 15) is 14.5 Å². The SMILES string of the molecule is CC(C)OC(=O)[C@H](C)N[P@](=O)(OC[C@@]1(CCl)O[C@@H](n2cnc3c(NC4CCCC4)nc(N)nc32)[C@@H](F)[C@@H]1O)Oc1ccccc1. The van der Waals surface area contributed by atoms with Gasteiger partial charge in [-0.05, 0) is 45.7 Å². The lowest BCUT2D eigenvalue weighted by Gasteiger charge is -2.31. The fraction of sp³-hybridized carbons (Fsp3) is 0.571. The maximum Gasteiger partial charge on any atom is 0.459 e. The predicted octanol–water partition coefficient (Wildman–Crippen LogP) is 4.10. The number of nitrogen functional groups attached to an aromatic ring is 1. The number of aliphatic hydroxyl groups is 1. The summed E-state index contributed by atoms with van der Waals surface area (Å²) in [7, 11) is -4.38. The molecule has 0 unspecified atom stereocenters. The van der Waals surface area contributed by atoms with Crippen molar-refractivity contribution in [2.45, 2.75) is 88.7 Å². The van der Waals surface area contributed by atoms with Crippen molar-refractivity contribution < 1.29 is 37.4 Å². The van der Waals surface area contributed by atoms with E-state index < -0.39 is 62.5 Å². The first kappa shape index (κ1) is 33.3. The smallest absolute Gasteiger partial charge is 0.459 e. The van der Waals surface area contributed by atoms with E-state index in [-0.39, 0.29) is 23.4 Å². The summed E-state index contributed by atoms with van der Waals surface area (Å²) < 4.78 is 53.8. The van der Waals surface area contributed by atoms with Gasteiger partial charge in [-0.3, -0.25) is 13.9 Å². The van der Waals surface area contributed by atoms with Crippen molar-refractivity contribution in [1.82, 2.24) is 24.6 Å². The number of aliphatic hydroxyl groups excluding tert-OH is 1. The summed E-state index contributed by atoms with van der Waals surface area (Å²) in [6, 6.07) is 7.18. The number of alkyl halides is 2. The second kappa shape index (κ2) is 13.7. The number of hydrogen-bond donors (Lipinski definition) is 4. The van der Waals surface area contributed by atoms with Gasteiger partial charge in [0.15, 0.2) is 29.4 Å². The van der Waals surface area contributed by atoms with Crippen LogP contribution in [0.2, 0.25) is 0 Å². The van der Waals surface area contributed by atoms with Crippen molar-refractivity contribution >= 4 is 48.2 Å². The molecule has 1 aliphatic heterocycles. The van der Waals surface area contributed by atoms with Crippen LogP contribution >= 0.6 is 19.3 Å². The molecule has 246 valence electrons. The zero-order valence-electron chi connectivity index (χ0n) is 25.1. The van der Waals surface area contributed by atoms with Crippen LogP contribution in [0.5, 0.6) is 5.75 Å². The highest BCUT2D eigenvalue weighted by atomic mass is 35.5. The second-order valence-corrected chi connectivity index (χ2v) is 13.4. The Hall–Kier alpha value is -3.07. The van der Waals surface area contributed by atoms with Gasteiger partial charge in [0.1, 0.15) is 23.5 Å². The van der Waals surface area contributed by atoms with Crippen molar-refractivity contribution in [3.63, 3.8) is 0 Å². The molecule has 2 aliphatic rings. The van der Waals surface area contributed by atoms with Gasteiger partial charge in [0, 0.05) is 6.04 Å². The Bertz CT molecular complexity index is 1530. The van der Waals surface area contributed by atoms with E-state index in [0.29, 0.717) is 11.3 Å². The Balaban J connectivity index is 1.39. The number of nitrogens with zero attached hydrogens (tertiary/aromatic N) is 4. The minimum atomic E-state index is -4.38. The van der Waals surface area contributed by atoms with E-state index >= 15 is 4.39 Å².